The first-order valence-corrected chi connectivity index (χ1v) is 12.4. The number of hydrogen-bond donors (Lipinski definition) is 1. The molecular weight excluding hydrogens is 446 g/mol. The third-order valence-corrected chi connectivity index (χ3v) is 6.62. The van der Waals surface area contributed by atoms with Gasteiger partial charge in [-0.3, -0.25) is 9.36 Å². The van der Waals surface area contributed by atoms with Crippen LogP contribution in [0.1, 0.15) is 5.56 Å². The lowest BCUT2D eigenvalue weighted by Crippen LogP contribution is -2.24. The first kappa shape index (κ1) is 22.1. The maximum atomic E-state index is 13.1. The summed E-state index contributed by atoms with van der Waals surface area (Å²) in [7, 11) is -3.73. The zero-order valence-electron chi connectivity index (χ0n) is 17.0. The van der Waals surface area contributed by atoms with Crippen LogP contribution in [0.5, 0.6) is 5.75 Å². The Labute approximate surface area is 189 Å². The first-order valence-electron chi connectivity index (χ1n) is 9.84. The van der Waals surface area contributed by atoms with Crippen molar-refractivity contribution in [2.24, 2.45) is 5.14 Å². The smallest absolute Gasteiger partial charge is 0.262 e. The van der Waals surface area contributed by atoms with Gasteiger partial charge in [0.15, 0.2) is 5.16 Å². The number of rotatable bonds is 8. The minimum absolute atomic E-state index is 0.0320. The normalized spacial score (nSPS) is 11.5. The molecule has 2 N–H and O–H groups in total. The zero-order chi connectivity index (χ0) is 22.6. The van der Waals surface area contributed by atoms with Gasteiger partial charge < -0.3 is 4.74 Å². The standard InChI is InChI=1S/C23H21N3O4S2/c24-32(28,29)19-12-10-18(11-13-19)30-14-15-31-23-25-21-9-5-4-8-20(21)22(27)26(23)16-17-6-2-1-3-7-17/h1-13H,14-16H2,(H2,24,28,29). The second-order valence-corrected chi connectivity index (χ2v) is 9.63. The van der Waals surface area contributed by atoms with Crippen molar-refractivity contribution >= 4 is 32.7 Å². The number of hydrogen-bond acceptors (Lipinski definition) is 6. The Bertz CT molecular complexity index is 1390. The summed E-state index contributed by atoms with van der Waals surface area (Å²) in [5, 5.41) is 6.31. The summed E-state index contributed by atoms with van der Waals surface area (Å²) >= 11 is 1.43. The maximum Gasteiger partial charge on any atom is 0.262 e. The molecule has 0 saturated heterocycles. The van der Waals surface area contributed by atoms with Crippen LogP contribution >= 0.6 is 11.8 Å². The van der Waals surface area contributed by atoms with Crippen molar-refractivity contribution in [3.05, 3.63) is 94.8 Å². The number of primary sulfonamides is 1. The molecule has 0 amide bonds. The van der Waals surface area contributed by atoms with Crippen LogP contribution in [0.3, 0.4) is 0 Å². The van der Waals surface area contributed by atoms with E-state index in [0.717, 1.165) is 5.56 Å². The number of fused-ring (bicyclic) bond motifs is 1. The maximum absolute atomic E-state index is 13.1. The van der Waals surface area contributed by atoms with E-state index in [1.54, 1.807) is 22.8 Å². The fraction of sp³-hybridized carbons (Fsp3) is 0.130. The summed E-state index contributed by atoms with van der Waals surface area (Å²) in [6.07, 6.45) is 0. The van der Waals surface area contributed by atoms with Crippen molar-refractivity contribution in [1.82, 2.24) is 9.55 Å². The van der Waals surface area contributed by atoms with Crippen LogP contribution in [-0.2, 0) is 16.6 Å². The van der Waals surface area contributed by atoms with Gasteiger partial charge >= 0.3 is 0 Å². The van der Waals surface area contributed by atoms with Crippen molar-refractivity contribution in [2.45, 2.75) is 16.6 Å². The fourth-order valence-electron chi connectivity index (χ4n) is 3.18. The van der Waals surface area contributed by atoms with E-state index in [1.807, 2.05) is 48.5 Å². The molecule has 9 heteroatoms. The van der Waals surface area contributed by atoms with E-state index >= 15 is 0 Å². The summed E-state index contributed by atoms with van der Waals surface area (Å²) in [5.74, 6) is 1.09. The number of sulfonamides is 1. The average molecular weight is 468 g/mol. The third-order valence-electron chi connectivity index (χ3n) is 4.75. The van der Waals surface area contributed by atoms with Gasteiger partial charge in [-0.15, -0.1) is 0 Å². The topological polar surface area (TPSA) is 104 Å². The lowest BCUT2D eigenvalue weighted by atomic mass is 10.2. The van der Waals surface area contributed by atoms with Gasteiger partial charge in [-0.25, -0.2) is 18.5 Å². The van der Waals surface area contributed by atoms with Gasteiger partial charge in [-0.1, -0.05) is 54.2 Å². The van der Waals surface area contributed by atoms with Gasteiger partial charge in [-0.2, -0.15) is 0 Å². The molecule has 0 aliphatic carbocycles. The van der Waals surface area contributed by atoms with Crippen LogP contribution in [0.2, 0.25) is 0 Å². The number of nitrogens with zero attached hydrogens (tertiary/aromatic N) is 2. The number of aromatic nitrogens is 2. The van der Waals surface area contributed by atoms with Crippen LogP contribution in [0, 0.1) is 0 Å². The molecule has 3 aromatic carbocycles. The highest BCUT2D eigenvalue weighted by Gasteiger charge is 2.12. The lowest BCUT2D eigenvalue weighted by molar-refractivity contribution is 0.343. The number of benzene rings is 3. The molecule has 0 spiro atoms. The van der Waals surface area contributed by atoms with Crippen molar-refractivity contribution in [3.63, 3.8) is 0 Å². The Morgan fingerprint density at radius 3 is 2.34 bits per heavy atom. The summed E-state index contributed by atoms with van der Waals surface area (Å²) in [5.41, 5.74) is 1.59. The van der Waals surface area contributed by atoms with Crippen molar-refractivity contribution in [2.75, 3.05) is 12.4 Å². The zero-order valence-corrected chi connectivity index (χ0v) is 18.7. The molecule has 1 aromatic heterocycles. The molecule has 7 nitrogen and oxygen atoms in total. The van der Waals surface area contributed by atoms with Gasteiger partial charge in [0.1, 0.15) is 5.75 Å². The van der Waals surface area contributed by atoms with Crippen LogP contribution < -0.4 is 15.4 Å². The minimum atomic E-state index is -3.73. The van der Waals surface area contributed by atoms with E-state index in [9.17, 15) is 13.2 Å². The van der Waals surface area contributed by atoms with E-state index in [0.29, 0.717) is 40.7 Å². The van der Waals surface area contributed by atoms with Crippen LogP contribution in [-0.4, -0.2) is 30.3 Å². The van der Waals surface area contributed by atoms with Gasteiger partial charge in [-0.05, 0) is 42.0 Å². The van der Waals surface area contributed by atoms with Crippen LogP contribution in [0.25, 0.3) is 10.9 Å². The van der Waals surface area contributed by atoms with Crippen LogP contribution in [0.15, 0.2) is 93.7 Å². The molecule has 1 heterocycles. The number of nitrogens with two attached hydrogens (primary N) is 1. The highest BCUT2D eigenvalue weighted by molar-refractivity contribution is 7.99. The number of para-hydroxylation sites is 1. The van der Waals surface area contributed by atoms with Crippen LogP contribution in [0.4, 0.5) is 0 Å². The van der Waals surface area contributed by atoms with E-state index in [1.165, 1.54) is 23.9 Å². The second-order valence-electron chi connectivity index (χ2n) is 7.00. The molecule has 0 aliphatic rings. The quantitative estimate of drug-likeness (QED) is 0.242. The van der Waals surface area contributed by atoms with E-state index < -0.39 is 10.0 Å². The number of ether oxygens (including phenoxy) is 1. The van der Waals surface area contributed by atoms with Gasteiger partial charge in [0, 0.05) is 5.75 Å². The van der Waals surface area contributed by atoms with E-state index in [4.69, 9.17) is 14.9 Å². The van der Waals surface area contributed by atoms with Gasteiger partial charge in [0.2, 0.25) is 10.0 Å². The number of thioether (sulfide) groups is 1. The van der Waals surface area contributed by atoms with Gasteiger partial charge in [0.05, 0.1) is 29.0 Å². The summed E-state index contributed by atoms with van der Waals surface area (Å²) in [6.45, 7) is 0.781. The molecule has 0 aliphatic heterocycles. The molecule has 164 valence electrons. The third kappa shape index (κ3) is 5.18. The molecular formula is C23H21N3O4S2. The molecule has 4 aromatic rings. The Morgan fingerprint density at radius 1 is 0.938 bits per heavy atom. The highest BCUT2D eigenvalue weighted by atomic mass is 32.2. The molecule has 0 bridgehead atoms. The summed E-state index contributed by atoms with van der Waals surface area (Å²) < 4.78 is 30.1. The predicted octanol–water partition coefficient (Wildman–Crippen LogP) is 3.26. The molecule has 0 saturated carbocycles. The van der Waals surface area contributed by atoms with Crippen molar-refractivity contribution in [1.29, 1.82) is 0 Å². The largest absolute Gasteiger partial charge is 0.493 e. The predicted molar refractivity (Wildman–Crippen MR) is 126 cm³/mol. The molecule has 0 unspecified atom stereocenters. The molecule has 4 rings (SSSR count). The average Bonchev–Trinajstić information content (AvgIpc) is 2.79. The Morgan fingerprint density at radius 2 is 1.62 bits per heavy atom. The SMILES string of the molecule is NS(=O)(=O)c1ccc(OCCSc2nc3ccccc3c(=O)n2Cc2ccccc2)cc1. The minimum Gasteiger partial charge on any atom is -0.493 e. The Kier molecular flexibility index (Phi) is 6.59. The fourth-order valence-corrected chi connectivity index (χ4v) is 4.51. The van der Waals surface area contributed by atoms with E-state index in [-0.39, 0.29) is 10.5 Å². The monoisotopic (exact) mass is 467 g/mol. The second kappa shape index (κ2) is 9.56. The highest BCUT2D eigenvalue weighted by Crippen LogP contribution is 2.20. The Hall–Kier alpha value is -3.14. The summed E-state index contributed by atoms with van der Waals surface area (Å²) in [4.78, 5) is 17.9. The molecule has 0 atom stereocenters. The summed E-state index contributed by atoms with van der Waals surface area (Å²) in [6, 6.07) is 23.0. The van der Waals surface area contributed by atoms with Crippen molar-refractivity contribution < 1.29 is 13.2 Å². The lowest BCUT2D eigenvalue weighted by Gasteiger charge is -2.13. The first-order chi connectivity index (χ1) is 15.4. The Balaban J connectivity index is 1.50. The molecule has 0 radical (unpaired) electrons. The van der Waals surface area contributed by atoms with Gasteiger partial charge in [0.25, 0.3) is 5.56 Å². The van der Waals surface area contributed by atoms with E-state index in [2.05, 4.69) is 0 Å². The molecule has 32 heavy (non-hydrogen) atoms. The molecule has 0 fully saturated rings. The van der Waals surface area contributed by atoms with Crippen molar-refractivity contribution in [3.8, 4) is 5.75 Å².